The molecule has 6 heteroatoms. The molecule has 1 aliphatic carbocycles. The fourth-order valence-electron chi connectivity index (χ4n) is 4.42. The SMILES string of the molecule is O=C(c1ccccc1-c1ncc[nH]1)N1C[C@H]2CCN(C(=O)C3CC3)[C@H]2C1. The zero-order valence-corrected chi connectivity index (χ0v) is 14.6. The zero-order chi connectivity index (χ0) is 17.7. The van der Waals surface area contributed by atoms with Gasteiger partial charge in [-0.3, -0.25) is 9.59 Å². The predicted molar refractivity (Wildman–Crippen MR) is 96.3 cm³/mol. The molecule has 1 aromatic heterocycles. The monoisotopic (exact) mass is 350 g/mol. The summed E-state index contributed by atoms with van der Waals surface area (Å²) in [5.74, 6) is 1.71. The third-order valence-corrected chi connectivity index (χ3v) is 5.96. The number of fused-ring (bicyclic) bond motifs is 1. The van der Waals surface area contributed by atoms with E-state index in [9.17, 15) is 9.59 Å². The van der Waals surface area contributed by atoms with E-state index in [4.69, 9.17) is 0 Å². The molecule has 0 unspecified atom stereocenters. The molecule has 0 bridgehead atoms. The molecular weight excluding hydrogens is 328 g/mol. The van der Waals surface area contributed by atoms with Crippen LogP contribution >= 0.6 is 0 Å². The topological polar surface area (TPSA) is 69.3 Å². The lowest BCUT2D eigenvalue weighted by atomic mass is 10.0. The number of carbonyl (C=O) groups is 2. The van der Waals surface area contributed by atoms with Crippen LogP contribution in [0.4, 0.5) is 0 Å². The van der Waals surface area contributed by atoms with Crippen LogP contribution in [-0.2, 0) is 4.79 Å². The summed E-state index contributed by atoms with van der Waals surface area (Å²) in [6.45, 7) is 2.24. The first-order valence-corrected chi connectivity index (χ1v) is 9.41. The van der Waals surface area contributed by atoms with Crippen LogP contribution in [0.3, 0.4) is 0 Å². The van der Waals surface area contributed by atoms with Gasteiger partial charge in [0.15, 0.2) is 0 Å². The molecular formula is C20H22N4O2. The Hall–Kier alpha value is -2.63. The number of likely N-dealkylation sites (tertiary alicyclic amines) is 2. The van der Waals surface area contributed by atoms with E-state index in [-0.39, 0.29) is 17.9 Å². The van der Waals surface area contributed by atoms with E-state index in [0.717, 1.165) is 37.9 Å². The molecule has 3 aliphatic rings. The fraction of sp³-hybridized carbons (Fsp3) is 0.450. The van der Waals surface area contributed by atoms with Gasteiger partial charge in [-0.05, 0) is 25.3 Å². The first-order valence-electron chi connectivity index (χ1n) is 9.41. The van der Waals surface area contributed by atoms with Gasteiger partial charge in [0.2, 0.25) is 5.91 Å². The van der Waals surface area contributed by atoms with Crippen molar-refractivity contribution in [1.29, 1.82) is 0 Å². The second-order valence-electron chi connectivity index (χ2n) is 7.62. The lowest BCUT2D eigenvalue weighted by Crippen LogP contribution is -2.41. The Labute approximate surface area is 152 Å². The van der Waals surface area contributed by atoms with Crippen molar-refractivity contribution in [3.05, 3.63) is 42.2 Å². The minimum atomic E-state index is 0.0326. The number of aromatic nitrogens is 2. The molecule has 0 radical (unpaired) electrons. The molecule has 0 spiro atoms. The van der Waals surface area contributed by atoms with Crippen molar-refractivity contribution < 1.29 is 9.59 Å². The van der Waals surface area contributed by atoms with E-state index >= 15 is 0 Å². The standard InChI is InChI=1S/C20H22N4O2/c25-19(13-5-6-13)24-10-7-14-11-23(12-17(14)24)20(26)16-4-2-1-3-15(16)18-21-8-9-22-18/h1-4,8-9,13-14,17H,5-7,10-12H2,(H,21,22)/t14-,17+/m1/s1. The van der Waals surface area contributed by atoms with Gasteiger partial charge in [0.05, 0.1) is 11.6 Å². The van der Waals surface area contributed by atoms with Gasteiger partial charge in [0.25, 0.3) is 5.91 Å². The number of imidazole rings is 1. The van der Waals surface area contributed by atoms with Crippen molar-refractivity contribution >= 4 is 11.8 Å². The Kier molecular flexibility index (Phi) is 3.58. The third kappa shape index (κ3) is 2.52. The number of carbonyl (C=O) groups excluding carboxylic acids is 2. The summed E-state index contributed by atoms with van der Waals surface area (Å²) in [6.07, 6.45) is 6.53. The first-order chi connectivity index (χ1) is 12.7. The molecule has 2 atom stereocenters. The van der Waals surface area contributed by atoms with Crippen molar-refractivity contribution in [1.82, 2.24) is 19.8 Å². The quantitative estimate of drug-likeness (QED) is 0.922. The number of rotatable bonds is 3. The van der Waals surface area contributed by atoms with E-state index < -0.39 is 0 Å². The van der Waals surface area contributed by atoms with E-state index in [2.05, 4.69) is 9.97 Å². The zero-order valence-electron chi connectivity index (χ0n) is 14.6. The normalized spacial score (nSPS) is 24.8. The van der Waals surface area contributed by atoms with Gasteiger partial charge < -0.3 is 14.8 Å². The Morgan fingerprint density at radius 1 is 1.12 bits per heavy atom. The molecule has 1 aromatic carbocycles. The lowest BCUT2D eigenvalue weighted by molar-refractivity contribution is -0.133. The number of nitrogens with one attached hydrogen (secondary N) is 1. The molecule has 1 N–H and O–H groups in total. The number of hydrogen-bond acceptors (Lipinski definition) is 3. The summed E-state index contributed by atoms with van der Waals surface area (Å²) in [5.41, 5.74) is 1.49. The lowest BCUT2D eigenvalue weighted by Gasteiger charge is -2.25. The van der Waals surface area contributed by atoms with Gasteiger partial charge in [0, 0.05) is 49.4 Å². The summed E-state index contributed by atoms with van der Waals surface area (Å²) >= 11 is 0. The van der Waals surface area contributed by atoms with Crippen LogP contribution in [-0.4, -0.2) is 57.3 Å². The van der Waals surface area contributed by atoms with Gasteiger partial charge in [0.1, 0.15) is 5.82 Å². The van der Waals surface area contributed by atoms with Crippen LogP contribution in [0.15, 0.2) is 36.7 Å². The molecule has 2 saturated heterocycles. The Balaban J connectivity index is 1.37. The average Bonchev–Trinajstić information content (AvgIpc) is 3.07. The van der Waals surface area contributed by atoms with Crippen molar-refractivity contribution in [2.75, 3.05) is 19.6 Å². The summed E-state index contributed by atoms with van der Waals surface area (Å²) in [4.78, 5) is 37.1. The second kappa shape index (κ2) is 5.97. The fourth-order valence-corrected chi connectivity index (χ4v) is 4.42. The molecule has 2 amide bonds. The summed E-state index contributed by atoms with van der Waals surface area (Å²) < 4.78 is 0. The van der Waals surface area contributed by atoms with Gasteiger partial charge in [-0.25, -0.2) is 4.98 Å². The van der Waals surface area contributed by atoms with E-state index in [1.165, 1.54) is 0 Å². The van der Waals surface area contributed by atoms with Crippen LogP contribution in [0.1, 0.15) is 29.6 Å². The highest BCUT2D eigenvalue weighted by Crippen LogP contribution is 2.38. The van der Waals surface area contributed by atoms with E-state index in [0.29, 0.717) is 29.8 Å². The maximum atomic E-state index is 13.2. The van der Waals surface area contributed by atoms with Crippen molar-refractivity contribution in [3.8, 4) is 11.4 Å². The van der Waals surface area contributed by atoms with Crippen molar-refractivity contribution in [3.63, 3.8) is 0 Å². The number of amides is 2. The third-order valence-electron chi connectivity index (χ3n) is 5.96. The maximum Gasteiger partial charge on any atom is 0.254 e. The number of benzene rings is 1. The molecule has 1 saturated carbocycles. The highest BCUT2D eigenvalue weighted by Gasteiger charge is 2.47. The highest BCUT2D eigenvalue weighted by atomic mass is 16.2. The number of hydrogen-bond donors (Lipinski definition) is 1. The van der Waals surface area contributed by atoms with Gasteiger partial charge in [-0.1, -0.05) is 18.2 Å². The van der Waals surface area contributed by atoms with Crippen molar-refractivity contribution in [2.24, 2.45) is 11.8 Å². The van der Waals surface area contributed by atoms with E-state index in [1.54, 1.807) is 12.4 Å². The van der Waals surface area contributed by atoms with Crippen LogP contribution in [0.2, 0.25) is 0 Å². The first kappa shape index (κ1) is 15.6. The Morgan fingerprint density at radius 3 is 2.73 bits per heavy atom. The highest BCUT2D eigenvalue weighted by molar-refractivity contribution is 6.00. The molecule has 3 heterocycles. The number of aromatic amines is 1. The van der Waals surface area contributed by atoms with E-state index in [1.807, 2.05) is 34.1 Å². The largest absolute Gasteiger partial charge is 0.345 e. The van der Waals surface area contributed by atoms with Gasteiger partial charge in [-0.2, -0.15) is 0 Å². The van der Waals surface area contributed by atoms with Gasteiger partial charge >= 0.3 is 0 Å². The smallest absolute Gasteiger partial charge is 0.254 e. The maximum absolute atomic E-state index is 13.2. The van der Waals surface area contributed by atoms with Crippen molar-refractivity contribution in [2.45, 2.75) is 25.3 Å². The van der Waals surface area contributed by atoms with Crippen LogP contribution in [0, 0.1) is 11.8 Å². The van der Waals surface area contributed by atoms with Crippen LogP contribution in [0.25, 0.3) is 11.4 Å². The summed E-state index contributed by atoms with van der Waals surface area (Å²) in [5, 5.41) is 0. The predicted octanol–water partition coefficient (Wildman–Crippen LogP) is 2.16. The van der Waals surface area contributed by atoms with Crippen LogP contribution in [0.5, 0.6) is 0 Å². The average molecular weight is 350 g/mol. The second-order valence-corrected chi connectivity index (χ2v) is 7.62. The summed E-state index contributed by atoms with van der Waals surface area (Å²) in [6, 6.07) is 7.79. The van der Waals surface area contributed by atoms with Gasteiger partial charge in [-0.15, -0.1) is 0 Å². The number of H-pyrrole nitrogens is 1. The molecule has 2 aliphatic heterocycles. The Bertz CT molecular complexity index is 843. The Morgan fingerprint density at radius 2 is 1.96 bits per heavy atom. The summed E-state index contributed by atoms with van der Waals surface area (Å²) in [7, 11) is 0. The molecule has 6 nitrogen and oxygen atoms in total. The number of nitrogens with zero attached hydrogens (tertiary/aromatic N) is 3. The van der Waals surface area contributed by atoms with Crippen LogP contribution < -0.4 is 0 Å². The molecule has 5 rings (SSSR count). The minimum absolute atomic E-state index is 0.0326. The molecule has 134 valence electrons. The molecule has 2 aromatic rings. The molecule has 3 fully saturated rings. The minimum Gasteiger partial charge on any atom is -0.345 e. The molecule has 26 heavy (non-hydrogen) atoms.